The Morgan fingerprint density at radius 3 is 2.47 bits per heavy atom. The van der Waals surface area contributed by atoms with E-state index in [9.17, 15) is 18.0 Å². The number of carbonyl (C=O) groups excluding carboxylic acids is 1. The lowest BCUT2D eigenvalue weighted by molar-refractivity contribution is -0.136. The van der Waals surface area contributed by atoms with E-state index >= 15 is 0 Å². The minimum Gasteiger partial charge on any atom is -0.326 e. The fraction of sp³-hybridized carbons (Fsp3) is 0.222. The molecular formula is C9H7ClF3NO. The largest absolute Gasteiger partial charge is 0.418 e. The summed E-state index contributed by atoms with van der Waals surface area (Å²) in [6.07, 6.45) is -4.51. The maximum Gasteiger partial charge on any atom is 0.418 e. The molecule has 0 saturated heterocycles. The highest BCUT2D eigenvalue weighted by atomic mass is 35.5. The third-order valence-corrected chi connectivity index (χ3v) is 1.83. The molecule has 0 saturated carbocycles. The van der Waals surface area contributed by atoms with Gasteiger partial charge in [-0.1, -0.05) is 11.6 Å². The molecule has 0 aromatic heterocycles. The molecule has 0 aliphatic rings. The quantitative estimate of drug-likeness (QED) is 0.798. The van der Waals surface area contributed by atoms with Crippen molar-refractivity contribution in [3.63, 3.8) is 0 Å². The number of alkyl halides is 3. The van der Waals surface area contributed by atoms with E-state index in [-0.39, 0.29) is 10.7 Å². The van der Waals surface area contributed by atoms with Gasteiger partial charge in [0.25, 0.3) is 0 Å². The number of benzene rings is 1. The van der Waals surface area contributed by atoms with Crippen LogP contribution in [0.25, 0.3) is 0 Å². The van der Waals surface area contributed by atoms with Crippen molar-refractivity contribution in [2.24, 2.45) is 0 Å². The Hall–Kier alpha value is -1.23. The van der Waals surface area contributed by atoms with Crippen molar-refractivity contribution >= 4 is 23.2 Å². The summed E-state index contributed by atoms with van der Waals surface area (Å²) in [6.45, 7) is 1.13. The van der Waals surface area contributed by atoms with Gasteiger partial charge < -0.3 is 5.32 Å². The van der Waals surface area contributed by atoms with Crippen LogP contribution in [-0.2, 0) is 11.0 Å². The van der Waals surface area contributed by atoms with Crippen LogP contribution in [0.2, 0.25) is 5.02 Å². The van der Waals surface area contributed by atoms with E-state index < -0.39 is 17.6 Å². The standard InChI is InChI=1S/C9H7ClF3NO/c1-5(15)14-8-4-6(10)2-3-7(8)9(11,12)13/h2-4H,1H3,(H,14,15). The molecule has 0 unspecified atom stereocenters. The molecule has 0 aliphatic heterocycles. The maximum atomic E-state index is 12.4. The lowest BCUT2D eigenvalue weighted by Gasteiger charge is -2.12. The molecule has 1 aromatic carbocycles. The Labute approximate surface area is 89.0 Å². The van der Waals surface area contributed by atoms with Crippen LogP contribution in [0.3, 0.4) is 0 Å². The van der Waals surface area contributed by atoms with Gasteiger partial charge in [0, 0.05) is 11.9 Å². The summed E-state index contributed by atoms with van der Waals surface area (Å²) in [7, 11) is 0. The van der Waals surface area contributed by atoms with Crippen LogP contribution in [0.15, 0.2) is 18.2 Å². The molecule has 0 bridgehead atoms. The Bertz CT molecular complexity index is 389. The van der Waals surface area contributed by atoms with Gasteiger partial charge in [0.1, 0.15) is 0 Å². The van der Waals surface area contributed by atoms with Gasteiger partial charge in [0.05, 0.1) is 11.3 Å². The van der Waals surface area contributed by atoms with Crippen LogP contribution in [0, 0.1) is 0 Å². The summed E-state index contributed by atoms with van der Waals surface area (Å²) in [4.78, 5) is 10.7. The summed E-state index contributed by atoms with van der Waals surface area (Å²) >= 11 is 5.53. The second-order valence-electron chi connectivity index (χ2n) is 2.87. The topological polar surface area (TPSA) is 29.1 Å². The molecule has 2 nitrogen and oxygen atoms in total. The minimum absolute atomic E-state index is 0.131. The fourth-order valence-corrected chi connectivity index (χ4v) is 1.23. The van der Waals surface area contributed by atoms with E-state index in [1.54, 1.807) is 0 Å². The van der Waals surface area contributed by atoms with Gasteiger partial charge in [-0.15, -0.1) is 0 Å². The summed E-state index contributed by atoms with van der Waals surface area (Å²) in [5.41, 5.74) is -1.25. The number of rotatable bonds is 1. The Kier molecular flexibility index (Phi) is 3.24. The van der Waals surface area contributed by atoms with Gasteiger partial charge in [-0.25, -0.2) is 0 Å². The Morgan fingerprint density at radius 2 is 2.00 bits per heavy atom. The molecule has 1 aromatic rings. The number of hydrogen-bond acceptors (Lipinski definition) is 1. The number of amides is 1. The Balaban J connectivity index is 3.20. The molecule has 1 N–H and O–H groups in total. The summed E-state index contributed by atoms with van der Waals surface area (Å²) in [5.74, 6) is -0.581. The van der Waals surface area contributed by atoms with Crippen molar-refractivity contribution in [1.29, 1.82) is 0 Å². The smallest absolute Gasteiger partial charge is 0.326 e. The highest BCUT2D eigenvalue weighted by Gasteiger charge is 2.33. The number of carbonyl (C=O) groups is 1. The number of hydrogen-bond donors (Lipinski definition) is 1. The van der Waals surface area contributed by atoms with E-state index in [0.717, 1.165) is 25.1 Å². The molecule has 1 amide bonds. The molecular weight excluding hydrogens is 231 g/mol. The zero-order valence-corrected chi connectivity index (χ0v) is 8.41. The third-order valence-electron chi connectivity index (χ3n) is 1.60. The first-order valence-corrected chi connectivity index (χ1v) is 4.33. The van der Waals surface area contributed by atoms with E-state index in [0.29, 0.717) is 0 Å². The van der Waals surface area contributed by atoms with Crippen LogP contribution >= 0.6 is 11.6 Å². The van der Waals surface area contributed by atoms with Crippen molar-refractivity contribution < 1.29 is 18.0 Å². The number of nitrogens with one attached hydrogen (secondary N) is 1. The molecule has 6 heteroatoms. The van der Waals surface area contributed by atoms with E-state index in [1.165, 1.54) is 0 Å². The van der Waals surface area contributed by atoms with Crippen LogP contribution in [0.1, 0.15) is 12.5 Å². The van der Waals surface area contributed by atoms with Crippen LogP contribution in [0.5, 0.6) is 0 Å². The van der Waals surface area contributed by atoms with Crippen molar-refractivity contribution in [2.75, 3.05) is 5.32 Å². The molecule has 82 valence electrons. The summed E-state index contributed by atoms with van der Waals surface area (Å²) in [5, 5.41) is 2.21. The normalized spacial score (nSPS) is 11.3. The monoisotopic (exact) mass is 237 g/mol. The second-order valence-corrected chi connectivity index (χ2v) is 3.31. The van der Waals surface area contributed by atoms with Crippen LogP contribution in [-0.4, -0.2) is 5.91 Å². The molecule has 0 atom stereocenters. The van der Waals surface area contributed by atoms with E-state index in [4.69, 9.17) is 11.6 Å². The molecule has 1 rings (SSSR count). The zero-order valence-electron chi connectivity index (χ0n) is 7.65. The highest BCUT2D eigenvalue weighted by molar-refractivity contribution is 6.31. The second kappa shape index (κ2) is 4.10. The predicted molar refractivity (Wildman–Crippen MR) is 50.8 cm³/mol. The lowest BCUT2D eigenvalue weighted by Crippen LogP contribution is -2.13. The van der Waals surface area contributed by atoms with E-state index in [2.05, 4.69) is 5.32 Å². The SMILES string of the molecule is CC(=O)Nc1cc(Cl)ccc1C(F)(F)F. The van der Waals surface area contributed by atoms with Gasteiger partial charge >= 0.3 is 6.18 Å². The van der Waals surface area contributed by atoms with Gasteiger partial charge in [-0.05, 0) is 18.2 Å². The summed E-state index contributed by atoms with van der Waals surface area (Å²) in [6, 6.07) is 3.01. The Morgan fingerprint density at radius 1 is 1.40 bits per heavy atom. The van der Waals surface area contributed by atoms with E-state index in [1.807, 2.05) is 0 Å². The number of halogens is 4. The predicted octanol–water partition coefficient (Wildman–Crippen LogP) is 3.32. The first-order valence-electron chi connectivity index (χ1n) is 3.95. The first-order chi connectivity index (χ1) is 6.80. The van der Waals surface area contributed by atoms with Gasteiger partial charge in [-0.3, -0.25) is 4.79 Å². The summed E-state index contributed by atoms with van der Waals surface area (Å²) < 4.78 is 37.3. The molecule has 15 heavy (non-hydrogen) atoms. The average Bonchev–Trinajstić information content (AvgIpc) is 1.99. The number of anilines is 1. The maximum absolute atomic E-state index is 12.4. The highest BCUT2D eigenvalue weighted by Crippen LogP contribution is 2.36. The molecule has 0 fully saturated rings. The van der Waals surface area contributed by atoms with Crippen molar-refractivity contribution in [1.82, 2.24) is 0 Å². The van der Waals surface area contributed by atoms with Crippen molar-refractivity contribution in [3.8, 4) is 0 Å². The molecule has 0 radical (unpaired) electrons. The van der Waals surface area contributed by atoms with Crippen molar-refractivity contribution in [3.05, 3.63) is 28.8 Å². The molecule has 0 spiro atoms. The molecule has 0 aliphatic carbocycles. The third kappa shape index (κ3) is 3.13. The minimum atomic E-state index is -4.51. The van der Waals surface area contributed by atoms with Crippen LogP contribution in [0.4, 0.5) is 18.9 Å². The lowest BCUT2D eigenvalue weighted by atomic mass is 10.1. The van der Waals surface area contributed by atoms with Gasteiger partial charge in [0.2, 0.25) is 5.91 Å². The van der Waals surface area contributed by atoms with Gasteiger partial charge in [0.15, 0.2) is 0 Å². The molecule has 0 heterocycles. The average molecular weight is 238 g/mol. The van der Waals surface area contributed by atoms with Crippen molar-refractivity contribution in [2.45, 2.75) is 13.1 Å². The van der Waals surface area contributed by atoms with Gasteiger partial charge in [-0.2, -0.15) is 13.2 Å². The zero-order chi connectivity index (χ0) is 11.6. The fourth-order valence-electron chi connectivity index (χ4n) is 1.06. The van der Waals surface area contributed by atoms with Crippen LogP contribution < -0.4 is 5.32 Å². The first kappa shape index (κ1) is 11.8.